The molecular weight excluding hydrogens is 594 g/mol. The van der Waals surface area contributed by atoms with Gasteiger partial charge in [0.05, 0.1) is 0 Å². The van der Waals surface area contributed by atoms with Gasteiger partial charge in [0.15, 0.2) is 0 Å². The molecule has 2 fully saturated rings. The van der Waals surface area contributed by atoms with E-state index in [0.717, 1.165) is 70.9 Å². The minimum Gasteiger partial charge on any atom is -0.342 e. The van der Waals surface area contributed by atoms with Crippen LogP contribution in [0.2, 0.25) is 0 Å². The maximum atomic E-state index is 14.3. The predicted octanol–water partition coefficient (Wildman–Crippen LogP) is 6.06. The normalized spacial score (nSPS) is 19.3. The summed E-state index contributed by atoms with van der Waals surface area (Å²) < 4.78 is 0. The Morgan fingerprint density at radius 3 is 2.23 bits per heavy atom. The first kappa shape index (κ1) is 31.7. The molecule has 4 aromatic carbocycles. The molecule has 0 spiro atoms. The molecule has 2 aliphatic heterocycles. The molecule has 1 unspecified atom stereocenters. The van der Waals surface area contributed by atoms with Crippen molar-refractivity contribution in [3.05, 3.63) is 138 Å². The first-order chi connectivity index (χ1) is 23.6. The van der Waals surface area contributed by atoms with E-state index in [1.807, 2.05) is 42.7 Å². The number of rotatable bonds is 11. The van der Waals surface area contributed by atoms with Crippen molar-refractivity contribution in [2.45, 2.75) is 50.4 Å². The van der Waals surface area contributed by atoms with Gasteiger partial charge in [-0.05, 0) is 89.0 Å². The number of hydrogen-bond donors (Lipinski definition) is 3. The fourth-order valence-electron chi connectivity index (χ4n) is 7.22. The van der Waals surface area contributed by atoms with Gasteiger partial charge in [-0.1, -0.05) is 97.1 Å². The SMILES string of the molecule is O=C1N[C@@H](Cc2ccc3ccccc3c2)C(=O)N(Cc2ccc(-c3ccccc3)cc2)[C@H]1CNC(CC1CCNCC1)c1ccncc1. The summed E-state index contributed by atoms with van der Waals surface area (Å²) in [7, 11) is 0. The fraction of sp³-hybridized carbons (Fsp3) is 0.293. The van der Waals surface area contributed by atoms with Crippen molar-refractivity contribution < 1.29 is 9.59 Å². The fourth-order valence-corrected chi connectivity index (χ4v) is 7.22. The lowest BCUT2D eigenvalue weighted by atomic mass is 9.88. The van der Waals surface area contributed by atoms with E-state index in [-0.39, 0.29) is 17.9 Å². The monoisotopic (exact) mass is 637 g/mol. The highest BCUT2D eigenvalue weighted by Crippen LogP contribution is 2.28. The lowest BCUT2D eigenvalue weighted by Crippen LogP contribution is -2.65. The molecule has 7 nitrogen and oxygen atoms in total. The third kappa shape index (κ3) is 7.48. The maximum Gasteiger partial charge on any atom is 0.246 e. The Bertz CT molecular complexity index is 1820. The zero-order valence-corrected chi connectivity index (χ0v) is 27.2. The molecule has 244 valence electrons. The van der Waals surface area contributed by atoms with Gasteiger partial charge in [-0.15, -0.1) is 0 Å². The molecule has 7 heteroatoms. The largest absolute Gasteiger partial charge is 0.342 e. The number of fused-ring (bicyclic) bond motifs is 1. The second-order valence-corrected chi connectivity index (χ2v) is 13.2. The van der Waals surface area contributed by atoms with E-state index < -0.39 is 12.1 Å². The molecule has 3 N–H and O–H groups in total. The van der Waals surface area contributed by atoms with Crippen LogP contribution in [0.1, 0.15) is 42.0 Å². The summed E-state index contributed by atoms with van der Waals surface area (Å²) in [6.07, 6.45) is 7.33. The minimum absolute atomic E-state index is 0.0551. The quantitative estimate of drug-likeness (QED) is 0.164. The van der Waals surface area contributed by atoms with Crippen molar-refractivity contribution in [2.24, 2.45) is 5.92 Å². The molecule has 7 rings (SSSR count). The van der Waals surface area contributed by atoms with Gasteiger partial charge >= 0.3 is 0 Å². The number of pyridine rings is 1. The highest BCUT2D eigenvalue weighted by atomic mass is 16.2. The number of carbonyl (C=O) groups excluding carboxylic acids is 2. The van der Waals surface area contributed by atoms with Crippen molar-refractivity contribution in [2.75, 3.05) is 19.6 Å². The first-order valence-electron chi connectivity index (χ1n) is 17.2. The summed E-state index contributed by atoms with van der Waals surface area (Å²) in [6.45, 7) is 2.78. The predicted molar refractivity (Wildman–Crippen MR) is 191 cm³/mol. The molecule has 5 aromatic rings. The summed E-state index contributed by atoms with van der Waals surface area (Å²) in [5.74, 6) is 0.411. The van der Waals surface area contributed by atoms with Crippen LogP contribution in [0.3, 0.4) is 0 Å². The summed E-state index contributed by atoms with van der Waals surface area (Å²) in [6, 6.07) is 36.0. The number of amides is 2. The van der Waals surface area contributed by atoms with Crippen LogP contribution in [0.25, 0.3) is 21.9 Å². The number of nitrogens with zero attached hydrogens (tertiary/aromatic N) is 2. The number of piperidine rings is 1. The third-order valence-corrected chi connectivity index (χ3v) is 9.94. The number of carbonyl (C=O) groups is 2. The molecule has 2 amide bonds. The second kappa shape index (κ2) is 14.9. The van der Waals surface area contributed by atoms with Crippen LogP contribution >= 0.6 is 0 Å². The zero-order chi connectivity index (χ0) is 32.7. The Balaban J connectivity index is 1.13. The number of piperazine rings is 1. The van der Waals surface area contributed by atoms with E-state index in [9.17, 15) is 9.59 Å². The number of aromatic nitrogens is 1. The molecule has 1 aromatic heterocycles. The van der Waals surface area contributed by atoms with Crippen LogP contribution in [0.4, 0.5) is 0 Å². The third-order valence-electron chi connectivity index (χ3n) is 9.94. The average Bonchev–Trinajstić information content (AvgIpc) is 3.14. The lowest BCUT2D eigenvalue weighted by molar-refractivity contribution is -0.150. The number of benzene rings is 4. The van der Waals surface area contributed by atoms with E-state index in [2.05, 4.69) is 99.8 Å². The molecule has 2 aliphatic rings. The van der Waals surface area contributed by atoms with Gasteiger partial charge in [0.25, 0.3) is 0 Å². The maximum absolute atomic E-state index is 14.3. The van der Waals surface area contributed by atoms with Gasteiger partial charge in [0, 0.05) is 37.9 Å². The summed E-state index contributed by atoms with van der Waals surface area (Å²) >= 11 is 0. The smallest absolute Gasteiger partial charge is 0.246 e. The van der Waals surface area contributed by atoms with Crippen molar-refractivity contribution in [3.8, 4) is 11.1 Å². The van der Waals surface area contributed by atoms with Gasteiger partial charge in [0.2, 0.25) is 11.8 Å². The Labute approximate surface area is 282 Å². The lowest BCUT2D eigenvalue weighted by Gasteiger charge is -2.40. The highest BCUT2D eigenvalue weighted by Gasteiger charge is 2.40. The Hall–Kier alpha value is -4.85. The summed E-state index contributed by atoms with van der Waals surface area (Å²) in [4.78, 5) is 34.3. The van der Waals surface area contributed by atoms with Crippen LogP contribution in [-0.4, -0.2) is 53.4 Å². The molecule has 3 atom stereocenters. The van der Waals surface area contributed by atoms with Gasteiger partial charge in [-0.2, -0.15) is 0 Å². The number of hydrogen-bond acceptors (Lipinski definition) is 5. The van der Waals surface area contributed by atoms with Crippen LogP contribution in [0, 0.1) is 5.92 Å². The summed E-state index contributed by atoms with van der Waals surface area (Å²) in [5, 5.41) is 12.6. The van der Waals surface area contributed by atoms with Crippen molar-refractivity contribution in [3.63, 3.8) is 0 Å². The molecular formula is C41H43N5O2. The molecule has 48 heavy (non-hydrogen) atoms. The topological polar surface area (TPSA) is 86.4 Å². The molecule has 0 bridgehead atoms. The van der Waals surface area contributed by atoms with Crippen molar-refractivity contribution in [1.29, 1.82) is 0 Å². The molecule has 0 aliphatic carbocycles. The van der Waals surface area contributed by atoms with Crippen LogP contribution in [-0.2, 0) is 22.6 Å². The molecule has 3 heterocycles. The van der Waals surface area contributed by atoms with Gasteiger partial charge in [0.1, 0.15) is 12.1 Å². The van der Waals surface area contributed by atoms with Crippen LogP contribution in [0.5, 0.6) is 0 Å². The van der Waals surface area contributed by atoms with E-state index >= 15 is 0 Å². The average molecular weight is 638 g/mol. The Morgan fingerprint density at radius 2 is 1.46 bits per heavy atom. The van der Waals surface area contributed by atoms with E-state index in [1.165, 1.54) is 0 Å². The first-order valence-corrected chi connectivity index (χ1v) is 17.2. The highest BCUT2D eigenvalue weighted by molar-refractivity contribution is 5.97. The molecule has 0 radical (unpaired) electrons. The number of nitrogens with one attached hydrogen (secondary N) is 3. The molecule has 2 saturated heterocycles. The van der Waals surface area contributed by atoms with Crippen LogP contribution < -0.4 is 16.0 Å². The van der Waals surface area contributed by atoms with Gasteiger partial charge in [-0.25, -0.2) is 0 Å². The van der Waals surface area contributed by atoms with E-state index in [4.69, 9.17) is 0 Å². The Kier molecular flexibility index (Phi) is 9.87. The van der Waals surface area contributed by atoms with Crippen LogP contribution in [0.15, 0.2) is 122 Å². The van der Waals surface area contributed by atoms with Gasteiger partial charge in [-0.3, -0.25) is 14.6 Å². The standard InChI is InChI=1S/C41H43N5O2/c47-40-39(27-44-37(35-18-22-43-23-19-35)25-29-16-20-42-21-17-29)46(28-30-10-13-34(14-11-30)32-6-2-1-3-7-32)41(48)38(45-40)26-31-12-15-33-8-4-5-9-36(33)24-31/h1-15,18-19,22-24,29,37-39,42,44H,16-17,20-21,25-28H2,(H,45,47)/t37?,38-,39-/m0/s1. The molecule has 0 saturated carbocycles. The van der Waals surface area contributed by atoms with E-state index in [1.54, 1.807) is 4.90 Å². The zero-order valence-electron chi connectivity index (χ0n) is 27.2. The minimum atomic E-state index is -0.642. The Morgan fingerprint density at radius 1 is 0.771 bits per heavy atom. The van der Waals surface area contributed by atoms with Crippen molar-refractivity contribution >= 4 is 22.6 Å². The summed E-state index contributed by atoms with van der Waals surface area (Å²) in [5.41, 5.74) is 5.44. The van der Waals surface area contributed by atoms with Crippen molar-refractivity contribution in [1.82, 2.24) is 25.8 Å². The second-order valence-electron chi connectivity index (χ2n) is 13.2. The van der Waals surface area contributed by atoms with E-state index in [0.29, 0.717) is 25.4 Å². The van der Waals surface area contributed by atoms with Gasteiger partial charge < -0.3 is 20.9 Å².